The van der Waals surface area contributed by atoms with Crippen LogP contribution in [0, 0.1) is 5.92 Å². The molecule has 2 heterocycles. The second-order valence-corrected chi connectivity index (χ2v) is 4.65. The molecule has 0 aliphatic carbocycles. The van der Waals surface area contributed by atoms with Crippen molar-refractivity contribution in [2.45, 2.75) is 32.0 Å². The zero-order valence-electron chi connectivity index (χ0n) is 10.6. The van der Waals surface area contributed by atoms with E-state index in [1.165, 1.54) is 0 Å². The normalized spacial score (nSPS) is 19.2. The van der Waals surface area contributed by atoms with E-state index in [-0.39, 0.29) is 12.0 Å². The van der Waals surface area contributed by atoms with Gasteiger partial charge in [0, 0.05) is 25.5 Å². The molecule has 4 nitrogen and oxygen atoms in total. The predicted octanol–water partition coefficient (Wildman–Crippen LogP) is 2.72. The van der Waals surface area contributed by atoms with Gasteiger partial charge in [-0.25, -0.2) is 9.97 Å². The van der Waals surface area contributed by atoms with Gasteiger partial charge in [-0.2, -0.15) is 13.2 Å². The molecule has 0 bridgehead atoms. The summed E-state index contributed by atoms with van der Waals surface area (Å²) in [5, 5.41) is 2.95. The smallest absolute Gasteiger partial charge is 0.381 e. The Kier molecular flexibility index (Phi) is 4.24. The molecule has 7 heteroatoms. The fourth-order valence-corrected chi connectivity index (χ4v) is 2.12. The monoisotopic (exact) mass is 275 g/mol. The third-order valence-corrected chi connectivity index (χ3v) is 3.28. The van der Waals surface area contributed by atoms with E-state index in [9.17, 15) is 13.2 Å². The first-order valence-electron chi connectivity index (χ1n) is 6.21. The molecule has 1 unspecified atom stereocenters. The Bertz CT molecular complexity index is 419. The van der Waals surface area contributed by atoms with Crippen molar-refractivity contribution in [1.29, 1.82) is 0 Å². The first-order valence-corrected chi connectivity index (χ1v) is 6.21. The Balaban J connectivity index is 2.02. The van der Waals surface area contributed by atoms with Gasteiger partial charge in [-0.05, 0) is 31.7 Å². The van der Waals surface area contributed by atoms with E-state index in [0.717, 1.165) is 25.1 Å². The van der Waals surface area contributed by atoms with Gasteiger partial charge in [0.1, 0.15) is 5.69 Å². The molecule has 106 valence electrons. The molecule has 1 fully saturated rings. The Hall–Kier alpha value is -1.37. The minimum absolute atomic E-state index is 0.0207. The topological polar surface area (TPSA) is 47.0 Å². The molecule has 0 amide bonds. The first-order chi connectivity index (χ1) is 8.97. The molecule has 0 aromatic carbocycles. The van der Waals surface area contributed by atoms with Crippen molar-refractivity contribution in [1.82, 2.24) is 9.97 Å². The Morgan fingerprint density at radius 1 is 1.37 bits per heavy atom. The van der Waals surface area contributed by atoms with E-state index >= 15 is 0 Å². The number of anilines is 1. The number of nitrogens with zero attached hydrogens (tertiary/aromatic N) is 2. The maximum absolute atomic E-state index is 12.5. The van der Waals surface area contributed by atoms with Gasteiger partial charge in [0.2, 0.25) is 5.95 Å². The molecule has 1 saturated heterocycles. The third-order valence-electron chi connectivity index (χ3n) is 3.28. The highest BCUT2D eigenvalue weighted by Crippen LogP contribution is 2.28. The average Bonchev–Trinajstić information content (AvgIpc) is 2.39. The van der Waals surface area contributed by atoms with Crippen LogP contribution >= 0.6 is 0 Å². The molecule has 1 aromatic heterocycles. The van der Waals surface area contributed by atoms with E-state index in [2.05, 4.69) is 15.3 Å². The minimum atomic E-state index is -4.44. The first kappa shape index (κ1) is 14.0. The van der Waals surface area contributed by atoms with Gasteiger partial charge < -0.3 is 10.1 Å². The summed E-state index contributed by atoms with van der Waals surface area (Å²) >= 11 is 0. The van der Waals surface area contributed by atoms with Crippen molar-refractivity contribution in [3.05, 3.63) is 18.0 Å². The van der Waals surface area contributed by atoms with Gasteiger partial charge in [-0.1, -0.05) is 0 Å². The molecule has 1 aromatic rings. The Morgan fingerprint density at radius 3 is 2.68 bits per heavy atom. The van der Waals surface area contributed by atoms with Crippen LogP contribution in [0.1, 0.15) is 25.5 Å². The van der Waals surface area contributed by atoms with Crippen LogP contribution in [0.25, 0.3) is 0 Å². The summed E-state index contributed by atoms with van der Waals surface area (Å²) in [6.07, 6.45) is -1.53. The van der Waals surface area contributed by atoms with Crippen molar-refractivity contribution >= 4 is 5.95 Å². The zero-order chi connectivity index (χ0) is 13.9. The summed E-state index contributed by atoms with van der Waals surface area (Å²) in [4.78, 5) is 7.33. The molecular formula is C12H16F3N3O. The molecular weight excluding hydrogens is 259 g/mol. The van der Waals surface area contributed by atoms with Crippen molar-refractivity contribution in [3.8, 4) is 0 Å². The van der Waals surface area contributed by atoms with Crippen LogP contribution in [-0.2, 0) is 10.9 Å². The van der Waals surface area contributed by atoms with Gasteiger partial charge >= 0.3 is 6.18 Å². The summed E-state index contributed by atoms with van der Waals surface area (Å²) in [5.41, 5.74) is -0.927. The zero-order valence-corrected chi connectivity index (χ0v) is 10.6. The summed E-state index contributed by atoms with van der Waals surface area (Å²) in [7, 11) is 0. The highest BCUT2D eigenvalue weighted by molar-refractivity contribution is 5.27. The van der Waals surface area contributed by atoms with E-state index < -0.39 is 11.9 Å². The summed E-state index contributed by atoms with van der Waals surface area (Å²) < 4.78 is 42.8. The highest BCUT2D eigenvalue weighted by atomic mass is 19.4. The molecule has 1 aliphatic heterocycles. The lowest BCUT2D eigenvalue weighted by molar-refractivity contribution is -0.141. The van der Waals surface area contributed by atoms with Crippen LogP contribution in [0.4, 0.5) is 19.1 Å². The second-order valence-electron chi connectivity index (χ2n) is 4.65. The fourth-order valence-electron chi connectivity index (χ4n) is 2.12. The quantitative estimate of drug-likeness (QED) is 0.921. The summed E-state index contributed by atoms with van der Waals surface area (Å²) in [5.74, 6) is 0.390. The Morgan fingerprint density at radius 2 is 2.05 bits per heavy atom. The average molecular weight is 275 g/mol. The van der Waals surface area contributed by atoms with Crippen LogP contribution in [0.3, 0.4) is 0 Å². The van der Waals surface area contributed by atoms with Crippen LogP contribution in [-0.4, -0.2) is 29.2 Å². The maximum Gasteiger partial charge on any atom is 0.433 e. The third kappa shape index (κ3) is 3.79. The number of ether oxygens (including phenoxy) is 1. The molecule has 2 rings (SSSR count). The molecule has 19 heavy (non-hydrogen) atoms. The molecule has 0 radical (unpaired) electrons. The van der Waals surface area contributed by atoms with E-state index in [4.69, 9.17) is 4.74 Å². The number of alkyl halides is 3. The second kappa shape index (κ2) is 5.73. The lowest BCUT2D eigenvalue weighted by Gasteiger charge is -2.28. The molecule has 1 atom stereocenters. The van der Waals surface area contributed by atoms with Crippen molar-refractivity contribution in [2.75, 3.05) is 18.5 Å². The number of nitrogens with one attached hydrogen (secondary N) is 1. The van der Waals surface area contributed by atoms with E-state index in [0.29, 0.717) is 19.1 Å². The number of hydrogen-bond donors (Lipinski definition) is 1. The van der Waals surface area contributed by atoms with Crippen LogP contribution in [0.2, 0.25) is 0 Å². The number of hydrogen-bond acceptors (Lipinski definition) is 4. The number of rotatable bonds is 3. The fraction of sp³-hybridized carbons (Fsp3) is 0.667. The predicted molar refractivity (Wildman–Crippen MR) is 63.7 cm³/mol. The molecule has 1 N–H and O–H groups in total. The maximum atomic E-state index is 12.5. The van der Waals surface area contributed by atoms with Gasteiger partial charge in [0.15, 0.2) is 0 Å². The number of halogens is 3. The molecule has 1 aliphatic rings. The highest BCUT2D eigenvalue weighted by Gasteiger charge is 2.33. The SMILES string of the molecule is CC(Nc1nccc(C(F)(F)F)n1)C1CCOCC1. The largest absolute Gasteiger partial charge is 0.433 e. The van der Waals surface area contributed by atoms with Crippen molar-refractivity contribution < 1.29 is 17.9 Å². The Labute approximate surface area is 109 Å². The van der Waals surface area contributed by atoms with Crippen LogP contribution < -0.4 is 5.32 Å². The molecule has 0 spiro atoms. The van der Waals surface area contributed by atoms with Gasteiger partial charge in [0.25, 0.3) is 0 Å². The summed E-state index contributed by atoms with van der Waals surface area (Å²) in [6, 6.07) is 0.886. The van der Waals surface area contributed by atoms with E-state index in [1.807, 2.05) is 6.92 Å². The molecule has 0 saturated carbocycles. The lowest BCUT2D eigenvalue weighted by atomic mass is 9.93. The standard InChI is InChI=1S/C12H16F3N3O/c1-8(9-3-6-19-7-4-9)17-11-16-5-2-10(18-11)12(13,14)15/h2,5,8-9H,3-4,6-7H2,1H3,(H,16,17,18). The van der Waals surface area contributed by atoms with Crippen LogP contribution in [0.5, 0.6) is 0 Å². The van der Waals surface area contributed by atoms with Gasteiger partial charge in [-0.15, -0.1) is 0 Å². The lowest BCUT2D eigenvalue weighted by Crippen LogP contribution is -2.31. The minimum Gasteiger partial charge on any atom is -0.381 e. The van der Waals surface area contributed by atoms with E-state index in [1.54, 1.807) is 0 Å². The summed E-state index contributed by atoms with van der Waals surface area (Å²) in [6.45, 7) is 3.32. The van der Waals surface area contributed by atoms with Gasteiger partial charge in [0.05, 0.1) is 0 Å². The van der Waals surface area contributed by atoms with Crippen LogP contribution in [0.15, 0.2) is 12.3 Å². The van der Waals surface area contributed by atoms with Gasteiger partial charge in [-0.3, -0.25) is 0 Å². The van der Waals surface area contributed by atoms with Crippen molar-refractivity contribution in [3.63, 3.8) is 0 Å². The number of aromatic nitrogens is 2. The van der Waals surface area contributed by atoms with Crippen molar-refractivity contribution in [2.24, 2.45) is 5.92 Å².